The zero-order valence-corrected chi connectivity index (χ0v) is 15.1. The van der Waals surface area contributed by atoms with Gasteiger partial charge in [0.25, 0.3) is 5.56 Å². The van der Waals surface area contributed by atoms with Gasteiger partial charge in [-0.3, -0.25) is 23.9 Å². The molecule has 9 heteroatoms. The molecule has 0 unspecified atom stereocenters. The van der Waals surface area contributed by atoms with E-state index in [-0.39, 0.29) is 19.6 Å². The molecule has 1 aromatic carbocycles. The zero-order chi connectivity index (χ0) is 19.8. The highest BCUT2D eigenvalue weighted by Crippen LogP contribution is 2.22. The number of nitrogens with one attached hydrogen (secondary N) is 2. The number of amides is 1. The third-order valence-corrected chi connectivity index (χ3v) is 3.72. The van der Waals surface area contributed by atoms with Gasteiger partial charge in [-0.25, -0.2) is 4.79 Å². The monoisotopic (exact) mass is 375 g/mol. The highest BCUT2D eigenvalue weighted by molar-refractivity contribution is 5.78. The van der Waals surface area contributed by atoms with Gasteiger partial charge in [-0.1, -0.05) is 12.1 Å². The maximum absolute atomic E-state index is 12.4. The molecule has 2 N–H and O–H groups in total. The Morgan fingerprint density at radius 1 is 1.26 bits per heavy atom. The Kier molecular flexibility index (Phi) is 6.93. The minimum atomic E-state index is -0.694. The molecule has 1 heterocycles. The topological polar surface area (TPSA) is 119 Å². The summed E-state index contributed by atoms with van der Waals surface area (Å²) in [4.78, 5) is 49.2. The lowest BCUT2D eigenvalue weighted by Gasteiger charge is -2.19. The molecule has 2 rings (SSSR count). The molecule has 0 aliphatic rings. The fourth-order valence-electron chi connectivity index (χ4n) is 2.46. The third kappa shape index (κ3) is 5.84. The molecule has 144 valence electrons. The average molecular weight is 375 g/mol. The standard InChI is InChI=1S/C18H21N3O6/c1-3-27-17(24)10-14(12-5-4-6-13(9-12)26-2)19-16(23)11-21-8-7-15(22)20-18(21)25/h4-9,14H,3,10-11H2,1-2H3,(H,19,23)(H,20,22,25)/t14-/m0/s1. The number of carbonyl (C=O) groups excluding carboxylic acids is 2. The summed E-state index contributed by atoms with van der Waals surface area (Å²) in [6.45, 7) is 1.61. The number of benzene rings is 1. The fourth-order valence-corrected chi connectivity index (χ4v) is 2.46. The summed E-state index contributed by atoms with van der Waals surface area (Å²) in [5.41, 5.74) is -0.584. The van der Waals surface area contributed by atoms with E-state index in [9.17, 15) is 19.2 Å². The number of carbonyl (C=O) groups is 2. The van der Waals surface area contributed by atoms with Crippen LogP contribution in [0.2, 0.25) is 0 Å². The van der Waals surface area contributed by atoms with Crippen molar-refractivity contribution in [2.45, 2.75) is 25.9 Å². The minimum absolute atomic E-state index is 0.0761. The number of aromatic amines is 1. The van der Waals surface area contributed by atoms with Gasteiger partial charge in [0.2, 0.25) is 5.91 Å². The van der Waals surface area contributed by atoms with E-state index in [2.05, 4.69) is 10.3 Å². The van der Waals surface area contributed by atoms with Crippen molar-refractivity contribution in [2.75, 3.05) is 13.7 Å². The molecule has 2 aromatic rings. The quantitative estimate of drug-likeness (QED) is 0.643. The van der Waals surface area contributed by atoms with E-state index in [0.29, 0.717) is 11.3 Å². The molecule has 0 radical (unpaired) electrons. The lowest BCUT2D eigenvalue weighted by molar-refractivity contribution is -0.143. The van der Waals surface area contributed by atoms with Crippen LogP contribution in [0.5, 0.6) is 5.75 Å². The van der Waals surface area contributed by atoms with Crippen LogP contribution in [-0.4, -0.2) is 35.1 Å². The number of rotatable bonds is 8. The van der Waals surface area contributed by atoms with Crippen molar-refractivity contribution >= 4 is 11.9 Å². The number of methoxy groups -OCH3 is 1. The summed E-state index contributed by atoms with van der Waals surface area (Å²) in [7, 11) is 1.51. The average Bonchev–Trinajstić information content (AvgIpc) is 2.64. The molecule has 0 aliphatic carbocycles. The summed E-state index contributed by atoms with van der Waals surface area (Å²) in [6, 6.07) is 7.42. The summed E-state index contributed by atoms with van der Waals surface area (Å²) in [5.74, 6) is -0.388. The lowest BCUT2D eigenvalue weighted by atomic mass is 10.0. The van der Waals surface area contributed by atoms with Crippen molar-refractivity contribution in [1.29, 1.82) is 0 Å². The van der Waals surface area contributed by atoms with Gasteiger partial charge >= 0.3 is 11.7 Å². The van der Waals surface area contributed by atoms with Gasteiger partial charge < -0.3 is 14.8 Å². The molecule has 0 bridgehead atoms. The smallest absolute Gasteiger partial charge is 0.328 e. The second-order valence-corrected chi connectivity index (χ2v) is 5.64. The van der Waals surface area contributed by atoms with Crippen molar-refractivity contribution in [2.24, 2.45) is 0 Å². The van der Waals surface area contributed by atoms with Crippen LogP contribution in [0.15, 0.2) is 46.1 Å². The summed E-state index contributed by atoms with van der Waals surface area (Å²) < 4.78 is 11.2. The molecule has 0 aliphatic heterocycles. The van der Waals surface area contributed by atoms with Crippen LogP contribution in [0.4, 0.5) is 0 Å². The number of aromatic nitrogens is 2. The van der Waals surface area contributed by atoms with E-state index in [1.807, 2.05) is 0 Å². The van der Waals surface area contributed by atoms with E-state index in [1.54, 1.807) is 31.2 Å². The fraction of sp³-hybridized carbons (Fsp3) is 0.333. The lowest BCUT2D eigenvalue weighted by Crippen LogP contribution is -2.37. The highest BCUT2D eigenvalue weighted by Gasteiger charge is 2.20. The molecule has 0 saturated heterocycles. The largest absolute Gasteiger partial charge is 0.497 e. The second-order valence-electron chi connectivity index (χ2n) is 5.64. The molecular formula is C18H21N3O6. The number of ether oxygens (including phenoxy) is 2. The Labute approximate surface area is 154 Å². The van der Waals surface area contributed by atoms with Crippen LogP contribution in [0.3, 0.4) is 0 Å². The van der Waals surface area contributed by atoms with Gasteiger partial charge in [0.1, 0.15) is 12.3 Å². The number of H-pyrrole nitrogens is 1. The Morgan fingerprint density at radius 3 is 2.70 bits per heavy atom. The van der Waals surface area contributed by atoms with Gasteiger partial charge in [0.15, 0.2) is 0 Å². The molecule has 0 spiro atoms. The van der Waals surface area contributed by atoms with Crippen LogP contribution >= 0.6 is 0 Å². The maximum atomic E-state index is 12.4. The van der Waals surface area contributed by atoms with Gasteiger partial charge in [-0.15, -0.1) is 0 Å². The van der Waals surface area contributed by atoms with Crippen LogP contribution in [0.1, 0.15) is 24.9 Å². The summed E-state index contributed by atoms with van der Waals surface area (Å²) in [6.07, 6.45) is 1.15. The maximum Gasteiger partial charge on any atom is 0.328 e. The Morgan fingerprint density at radius 2 is 2.04 bits per heavy atom. The summed E-state index contributed by atoms with van der Waals surface area (Å²) >= 11 is 0. The van der Waals surface area contributed by atoms with Crippen LogP contribution < -0.4 is 21.3 Å². The van der Waals surface area contributed by atoms with Gasteiger partial charge in [0, 0.05) is 12.3 Å². The molecule has 1 aromatic heterocycles. The third-order valence-electron chi connectivity index (χ3n) is 3.72. The zero-order valence-electron chi connectivity index (χ0n) is 15.1. The number of nitrogens with zero attached hydrogens (tertiary/aromatic N) is 1. The molecular weight excluding hydrogens is 354 g/mol. The predicted octanol–water partition coefficient (Wildman–Crippen LogP) is 0.356. The first-order valence-corrected chi connectivity index (χ1v) is 8.31. The van der Waals surface area contributed by atoms with E-state index < -0.39 is 29.2 Å². The minimum Gasteiger partial charge on any atom is -0.497 e. The first kappa shape index (κ1) is 20.0. The summed E-state index contributed by atoms with van der Waals surface area (Å²) in [5, 5.41) is 2.72. The molecule has 1 atom stereocenters. The first-order chi connectivity index (χ1) is 12.9. The molecule has 27 heavy (non-hydrogen) atoms. The van der Waals surface area contributed by atoms with Crippen molar-refractivity contribution < 1.29 is 19.1 Å². The number of esters is 1. The van der Waals surface area contributed by atoms with E-state index in [0.717, 1.165) is 10.6 Å². The van der Waals surface area contributed by atoms with Gasteiger partial charge in [-0.2, -0.15) is 0 Å². The Hall–Kier alpha value is -3.36. The van der Waals surface area contributed by atoms with Crippen molar-refractivity contribution in [3.63, 3.8) is 0 Å². The Balaban J connectivity index is 2.19. The van der Waals surface area contributed by atoms with Crippen LogP contribution in [0, 0.1) is 0 Å². The van der Waals surface area contributed by atoms with Gasteiger partial charge in [0.05, 0.1) is 26.2 Å². The normalized spacial score (nSPS) is 11.5. The molecule has 9 nitrogen and oxygen atoms in total. The van der Waals surface area contributed by atoms with Crippen molar-refractivity contribution in [1.82, 2.24) is 14.9 Å². The number of hydrogen-bond donors (Lipinski definition) is 2. The molecule has 0 saturated carbocycles. The second kappa shape index (κ2) is 9.37. The van der Waals surface area contributed by atoms with Crippen LogP contribution in [-0.2, 0) is 20.9 Å². The van der Waals surface area contributed by atoms with Crippen molar-refractivity contribution in [3.05, 3.63) is 62.9 Å². The van der Waals surface area contributed by atoms with E-state index >= 15 is 0 Å². The van der Waals surface area contributed by atoms with Crippen LogP contribution in [0.25, 0.3) is 0 Å². The van der Waals surface area contributed by atoms with Crippen molar-refractivity contribution in [3.8, 4) is 5.75 Å². The highest BCUT2D eigenvalue weighted by atomic mass is 16.5. The molecule has 1 amide bonds. The first-order valence-electron chi connectivity index (χ1n) is 8.31. The SMILES string of the molecule is CCOC(=O)C[C@H](NC(=O)Cn1ccc(=O)[nH]c1=O)c1cccc(OC)c1. The molecule has 0 fully saturated rings. The van der Waals surface area contributed by atoms with E-state index in [1.165, 1.54) is 13.3 Å². The van der Waals surface area contributed by atoms with E-state index in [4.69, 9.17) is 9.47 Å². The number of hydrogen-bond acceptors (Lipinski definition) is 6. The van der Waals surface area contributed by atoms with Gasteiger partial charge in [-0.05, 0) is 24.6 Å². The predicted molar refractivity (Wildman–Crippen MR) is 96.5 cm³/mol. The Bertz CT molecular complexity index is 918.